The summed E-state index contributed by atoms with van der Waals surface area (Å²) >= 11 is 0. The minimum absolute atomic E-state index is 0.0308. The zero-order valence-corrected chi connectivity index (χ0v) is 9.88. The van der Waals surface area contributed by atoms with Crippen molar-refractivity contribution in [2.45, 2.75) is 19.4 Å². The minimum Gasteiger partial charge on any atom is -0.508 e. The fourth-order valence-corrected chi connectivity index (χ4v) is 1.38. The number of benzene rings is 1. The van der Waals surface area contributed by atoms with E-state index in [1.165, 1.54) is 12.1 Å². The van der Waals surface area contributed by atoms with Crippen molar-refractivity contribution in [3.8, 4) is 5.75 Å². The number of aromatic hydroxyl groups is 1. The first-order valence-corrected chi connectivity index (χ1v) is 5.40. The first-order valence-electron chi connectivity index (χ1n) is 5.40. The summed E-state index contributed by atoms with van der Waals surface area (Å²) in [5.74, 6) is -1.85. The number of aryl methyl sites for hydroxylation is 1. The van der Waals surface area contributed by atoms with Crippen LogP contribution in [-0.2, 0) is 4.79 Å². The zero-order valence-electron chi connectivity index (χ0n) is 9.88. The number of carbonyl (C=O) groups excluding carboxylic acids is 1. The Hall–Kier alpha value is -2.08. The Morgan fingerprint density at radius 1 is 1.39 bits per heavy atom. The Morgan fingerprint density at radius 2 is 2.06 bits per heavy atom. The number of phenolic OH excluding ortho intramolecular Hbond substituents is 1. The molecular weight excluding hydrogens is 238 g/mol. The predicted octanol–water partition coefficient (Wildman–Crippen LogP) is 0.266. The van der Waals surface area contributed by atoms with Gasteiger partial charge in [-0.2, -0.15) is 0 Å². The van der Waals surface area contributed by atoms with E-state index in [0.717, 1.165) is 0 Å². The van der Waals surface area contributed by atoms with Crippen molar-refractivity contribution in [2.75, 3.05) is 6.61 Å². The topological polar surface area (TPSA) is 107 Å². The molecule has 6 nitrogen and oxygen atoms in total. The second-order valence-corrected chi connectivity index (χ2v) is 3.88. The molecule has 0 saturated carbocycles. The maximum absolute atomic E-state index is 11.7. The van der Waals surface area contributed by atoms with Crippen LogP contribution in [0.25, 0.3) is 0 Å². The molecule has 1 rings (SSSR count). The number of aliphatic hydroxyl groups excluding tert-OH is 1. The molecule has 0 aliphatic rings. The van der Waals surface area contributed by atoms with Gasteiger partial charge in [-0.15, -0.1) is 0 Å². The molecule has 6 heteroatoms. The van der Waals surface area contributed by atoms with Gasteiger partial charge in [-0.1, -0.05) is 6.07 Å². The molecule has 0 aliphatic carbocycles. The van der Waals surface area contributed by atoms with Gasteiger partial charge in [-0.05, 0) is 24.6 Å². The Bertz CT molecular complexity index is 458. The van der Waals surface area contributed by atoms with Gasteiger partial charge in [0.25, 0.3) is 5.91 Å². The van der Waals surface area contributed by atoms with E-state index in [9.17, 15) is 14.7 Å². The molecule has 98 valence electrons. The third kappa shape index (κ3) is 3.46. The van der Waals surface area contributed by atoms with Crippen molar-refractivity contribution in [1.82, 2.24) is 5.32 Å². The average molecular weight is 253 g/mol. The lowest BCUT2D eigenvalue weighted by molar-refractivity contribution is -0.139. The number of carbonyl (C=O) groups is 2. The van der Waals surface area contributed by atoms with E-state index in [1.807, 2.05) is 0 Å². The van der Waals surface area contributed by atoms with Gasteiger partial charge < -0.3 is 20.6 Å². The van der Waals surface area contributed by atoms with E-state index < -0.39 is 17.9 Å². The van der Waals surface area contributed by atoms with Crippen molar-refractivity contribution >= 4 is 11.9 Å². The van der Waals surface area contributed by atoms with Crippen LogP contribution in [0.4, 0.5) is 0 Å². The molecule has 0 saturated heterocycles. The zero-order chi connectivity index (χ0) is 13.7. The molecule has 18 heavy (non-hydrogen) atoms. The van der Waals surface area contributed by atoms with Gasteiger partial charge in [0.2, 0.25) is 0 Å². The molecule has 1 atom stereocenters. The number of hydrogen-bond donors (Lipinski definition) is 4. The molecule has 0 unspecified atom stereocenters. The second-order valence-electron chi connectivity index (χ2n) is 3.88. The van der Waals surface area contributed by atoms with Crippen LogP contribution in [0, 0.1) is 6.92 Å². The van der Waals surface area contributed by atoms with Crippen molar-refractivity contribution in [3.63, 3.8) is 0 Å². The highest BCUT2D eigenvalue weighted by Crippen LogP contribution is 2.17. The molecule has 0 fully saturated rings. The summed E-state index contributed by atoms with van der Waals surface area (Å²) in [5.41, 5.74) is 0.791. The van der Waals surface area contributed by atoms with E-state index in [4.69, 9.17) is 10.2 Å². The molecule has 0 heterocycles. The van der Waals surface area contributed by atoms with Crippen LogP contribution in [0.3, 0.4) is 0 Å². The standard InChI is InChI=1S/C12H15NO5/c1-7-2-3-8(6-10(7)15)11(16)13-9(4-5-14)12(17)18/h2-3,6,9,14-15H,4-5H2,1H3,(H,13,16)(H,17,18)/t9-/m0/s1. The monoisotopic (exact) mass is 253 g/mol. The number of nitrogens with one attached hydrogen (secondary N) is 1. The molecule has 0 bridgehead atoms. The van der Waals surface area contributed by atoms with Gasteiger partial charge >= 0.3 is 5.97 Å². The summed E-state index contributed by atoms with van der Waals surface area (Å²) in [6, 6.07) is 3.17. The lowest BCUT2D eigenvalue weighted by atomic mass is 10.1. The lowest BCUT2D eigenvalue weighted by Gasteiger charge is -2.13. The third-order valence-electron chi connectivity index (χ3n) is 2.49. The van der Waals surface area contributed by atoms with Gasteiger partial charge in [0.05, 0.1) is 0 Å². The second kappa shape index (κ2) is 6.02. The molecule has 1 amide bonds. The highest BCUT2D eigenvalue weighted by atomic mass is 16.4. The van der Waals surface area contributed by atoms with Gasteiger partial charge in [-0.25, -0.2) is 4.79 Å². The summed E-state index contributed by atoms with van der Waals surface area (Å²) in [6.45, 7) is 1.35. The van der Waals surface area contributed by atoms with Crippen LogP contribution < -0.4 is 5.32 Å². The number of aliphatic hydroxyl groups is 1. The largest absolute Gasteiger partial charge is 0.508 e. The number of amides is 1. The molecule has 1 aromatic carbocycles. The van der Waals surface area contributed by atoms with Gasteiger partial charge in [0, 0.05) is 18.6 Å². The molecule has 0 aromatic heterocycles. The van der Waals surface area contributed by atoms with Gasteiger partial charge in [0.1, 0.15) is 11.8 Å². The molecular formula is C12H15NO5. The number of hydrogen-bond acceptors (Lipinski definition) is 4. The van der Waals surface area contributed by atoms with E-state index in [1.54, 1.807) is 13.0 Å². The smallest absolute Gasteiger partial charge is 0.326 e. The van der Waals surface area contributed by atoms with Crippen molar-refractivity contribution in [1.29, 1.82) is 0 Å². The first-order chi connectivity index (χ1) is 8.45. The SMILES string of the molecule is Cc1ccc(C(=O)N[C@@H](CCO)C(=O)O)cc1O. The summed E-state index contributed by atoms with van der Waals surface area (Å²) in [6.07, 6.45) is -0.0705. The molecule has 1 aromatic rings. The highest BCUT2D eigenvalue weighted by Gasteiger charge is 2.20. The maximum atomic E-state index is 11.7. The normalized spacial score (nSPS) is 11.9. The van der Waals surface area contributed by atoms with Gasteiger partial charge in [-0.3, -0.25) is 4.79 Å². The number of carboxylic acid groups (broad SMARTS) is 1. The molecule has 0 radical (unpaired) electrons. The van der Waals surface area contributed by atoms with Crippen LogP contribution in [0.15, 0.2) is 18.2 Å². The van der Waals surface area contributed by atoms with E-state index in [-0.39, 0.29) is 24.3 Å². The van der Waals surface area contributed by atoms with Crippen molar-refractivity contribution in [3.05, 3.63) is 29.3 Å². The number of phenols is 1. The minimum atomic E-state index is -1.21. The van der Waals surface area contributed by atoms with Crippen molar-refractivity contribution < 1.29 is 24.9 Å². The van der Waals surface area contributed by atoms with Gasteiger partial charge in [0.15, 0.2) is 0 Å². The Morgan fingerprint density at radius 3 is 2.56 bits per heavy atom. The number of aliphatic carboxylic acids is 1. The van der Waals surface area contributed by atoms with E-state index >= 15 is 0 Å². The Kier molecular flexibility index (Phi) is 4.67. The van der Waals surface area contributed by atoms with E-state index in [2.05, 4.69) is 5.32 Å². The Labute approximate surface area is 104 Å². The van der Waals surface area contributed by atoms with E-state index in [0.29, 0.717) is 5.56 Å². The Balaban J connectivity index is 2.80. The highest BCUT2D eigenvalue weighted by molar-refractivity contribution is 5.97. The van der Waals surface area contributed by atoms with Crippen LogP contribution in [0.2, 0.25) is 0 Å². The summed E-state index contributed by atoms with van der Waals surface area (Å²) in [5, 5.41) is 29.2. The molecule has 0 aliphatic heterocycles. The maximum Gasteiger partial charge on any atom is 0.326 e. The van der Waals surface area contributed by atoms with Crippen LogP contribution in [0.5, 0.6) is 5.75 Å². The number of carboxylic acids is 1. The summed E-state index contributed by atoms with van der Waals surface area (Å²) in [7, 11) is 0. The first kappa shape index (κ1) is 14.0. The number of rotatable bonds is 5. The fourth-order valence-electron chi connectivity index (χ4n) is 1.38. The molecule has 4 N–H and O–H groups in total. The van der Waals surface area contributed by atoms with Crippen LogP contribution >= 0.6 is 0 Å². The average Bonchev–Trinajstić information content (AvgIpc) is 2.31. The predicted molar refractivity (Wildman–Crippen MR) is 63.4 cm³/mol. The van der Waals surface area contributed by atoms with Crippen LogP contribution in [0.1, 0.15) is 22.3 Å². The van der Waals surface area contributed by atoms with Crippen molar-refractivity contribution in [2.24, 2.45) is 0 Å². The van der Waals surface area contributed by atoms with Crippen LogP contribution in [-0.4, -0.2) is 39.8 Å². The summed E-state index contributed by atoms with van der Waals surface area (Å²) < 4.78 is 0. The fraction of sp³-hybridized carbons (Fsp3) is 0.333. The molecule has 0 spiro atoms. The quantitative estimate of drug-likeness (QED) is 0.602. The third-order valence-corrected chi connectivity index (χ3v) is 2.49. The summed E-state index contributed by atoms with van der Waals surface area (Å²) in [4.78, 5) is 22.5. The lowest BCUT2D eigenvalue weighted by Crippen LogP contribution is -2.41.